The zero-order valence-corrected chi connectivity index (χ0v) is 7.81. The molecule has 3 nitrogen and oxygen atoms in total. The van der Waals surface area contributed by atoms with Crippen molar-refractivity contribution in [3.05, 3.63) is 12.7 Å². The first-order valence-electron chi connectivity index (χ1n) is 4.00. The summed E-state index contributed by atoms with van der Waals surface area (Å²) in [6.07, 6.45) is 2.15. The monoisotopic (exact) mass is 187 g/mol. The average molecular weight is 187 g/mol. The van der Waals surface area contributed by atoms with E-state index in [4.69, 9.17) is 0 Å². The van der Waals surface area contributed by atoms with E-state index in [1.54, 1.807) is 4.90 Å². The molecule has 1 saturated heterocycles. The van der Waals surface area contributed by atoms with Crippen LogP contribution in [0, 0.1) is 0 Å². The van der Waals surface area contributed by atoms with Crippen LogP contribution in [-0.2, 0) is 15.6 Å². The second-order valence-electron chi connectivity index (χ2n) is 2.73. The van der Waals surface area contributed by atoms with E-state index < -0.39 is 10.8 Å². The van der Waals surface area contributed by atoms with Crippen molar-refractivity contribution in [2.45, 2.75) is 6.42 Å². The maximum absolute atomic E-state index is 11.1. The van der Waals surface area contributed by atoms with Gasteiger partial charge >= 0.3 is 0 Å². The van der Waals surface area contributed by atoms with E-state index in [0.717, 1.165) is 18.7 Å². The highest BCUT2D eigenvalue weighted by Gasteiger charge is 2.15. The van der Waals surface area contributed by atoms with Crippen molar-refractivity contribution in [1.82, 2.24) is 4.90 Å². The number of carbonyl (C=O) groups is 1. The van der Waals surface area contributed by atoms with Crippen LogP contribution >= 0.6 is 0 Å². The minimum Gasteiger partial charge on any atom is -0.338 e. The highest BCUT2D eigenvalue weighted by atomic mass is 32.2. The minimum atomic E-state index is -0.725. The molecule has 1 aliphatic heterocycles. The van der Waals surface area contributed by atoms with Crippen molar-refractivity contribution in [2.24, 2.45) is 0 Å². The second-order valence-corrected chi connectivity index (χ2v) is 4.43. The van der Waals surface area contributed by atoms with Gasteiger partial charge in [0, 0.05) is 35.4 Å². The molecule has 1 atom stereocenters. The van der Waals surface area contributed by atoms with Crippen LogP contribution in [0.5, 0.6) is 0 Å². The molecule has 0 radical (unpaired) electrons. The Hall–Kier alpha value is -0.640. The van der Waals surface area contributed by atoms with Crippen LogP contribution in [0.1, 0.15) is 6.42 Å². The fraction of sp³-hybridized carbons (Fsp3) is 0.625. The predicted molar refractivity (Wildman–Crippen MR) is 49.3 cm³/mol. The summed E-state index contributed by atoms with van der Waals surface area (Å²) in [5.74, 6) is 1.29. The van der Waals surface area contributed by atoms with E-state index in [2.05, 4.69) is 6.58 Å². The number of carbonyl (C=O) groups excluding carboxylic acids is 1. The average Bonchev–Trinajstić information content (AvgIpc) is 2.29. The molecule has 12 heavy (non-hydrogen) atoms. The molecule has 0 bridgehead atoms. The van der Waals surface area contributed by atoms with E-state index in [9.17, 15) is 9.00 Å². The molecule has 0 saturated carbocycles. The van der Waals surface area contributed by atoms with Gasteiger partial charge in [0.05, 0.1) is 0 Å². The Kier molecular flexibility index (Phi) is 3.47. The SMILES string of the molecule is C=CC(=O)N1CCCS(=O)CC1. The predicted octanol–water partition coefficient (Wildman–Crippen LogP) is 0.153. The van der Waals surface area contributed by atoms with Crippen molar-refractivity contribution in [1.29, 1.82) is 0 Å². The fourth-order valence-electron chi connectivity index (χ4n) is 1.19. The maximum Gasteiger partial charge on any atom is 0.245 e. The smallest absolute Gasteiger partial charge is 0.245 e. The number of amides is 1. The van der Waals surface area contributed by atoms with Crippen LogP contribution in [0.2, 0.25) is 0 Å². The Morgan fingerprint density at radius 1 is 1.42 bits per heavy atom. The Morgan fingerprint density at radius 3 is 2.83 bits per heavy atom. The van der Waals surface area contributed by atoms with Gasteiger partial charge < -0.3 is 4.90 Å². The van der Waals surface area contributed by atoms with Gasteiger partial charge in [0.1, 0.15) is 0 Å². The molecule has 0 aromatic carbocycles. The molecule has 1 unspecified atom stereocenters. The van der Waals surface area contributed by atoms with E-state index in [0.29, 0.717) is 12.3 Å². The molecule has 4 heteroatoms. The highest BCUT2D eigenvalue weighted by molar-refractivity contribution is 7.85. The Morgan fingerprint density at radius 2 is 2.17 bits per heavy atom. The molecule has 1 rings (SSSR count). The minimum absolute atomic E-state index is 0.0473. The molecule has 0 spiro atoms. The van der Waals surface area contributed by atoms with Gasteiger partial charge in [-0.25, -0.2) is 0 Å². The number of nitrogens with zero attached hydrogens (tertiary/aromatic N) is 1. The quantitative estimate of drug-likeness (QED) is 0.548. The van der Waals surface area contributed by atoms with Crippen molar-refractivity contribution in [2.75, 3.05) is 24.6 Å². The van der Waals surface area contributed by atoms with Crippen LogP contribution in [0.25, 0.3) is 0 Å². The summed E-state index contributed by atoms with van der Waals surface area (Å²) in [6, 6.07) is 0. The van der Waals surface area contributed by atoms with Crippen LogP contribution in [0.15, 0.2) is 12.7 Å². The van der Waals surface area contributed by atoms with Crippen molar-refractivity contribution in [3.8, 4) is 0 Å². The first-order valence-corrected chi connectivity index (χ1v) is 5.49. The molecule has 1 fully saturated rings. The molecule has 0 aromatic rings. The van der Waals surface area contributed by atoms with Crippen LogP contribution < -0.4 is 0 Å². The van der Waals surface area contributed by atoms with Crippen molar-refractivity contribution >= 4 is 16.7 Å². The van der Waals surface area contributed by atoms with Crippen molar-refractivity contribution < 1.29 is 9.00 Å². The standard InChI is InChI=1S/C8H13NO2S/c1-2-8(10)9-4-3-6-12(11)7-5-9/h2H,1,3-7H2. The molecule has 1 heterocycles. The molecule has 0 N–H and O–H groups in total. The van der Waals surface area contributed by atoms with Gasteiger partial charge in [-0.05, 0) is 12.5 Å². The van der Waals surface area contributed by atoms with E-state index in [-0.39, 0.29) is 5.91 Å². The molecule has 1 aliphatic rings. The zero-order valence-electron chi connectivity index (χ0n) is 6.99. The third-order valence-corrected chi connectivity index (χ3v) is 3.26. The summed E-state index contributed by atoms with van der Waals surface area (Å²) in [6.45, 7) is 4.75. The largest absolute Gasteiger partial charge is 0.338 e. The molecule has 1 amide bonds. The van der Waals surface area contributed by atoms with Gasteiger partial charge in [-0.1, -0.05) is 6.58 Å². The molecule has 0 aromatic heterocycles. The van der Waals surface area contributed by atoms with Crippen LogP contribution in [-0.4, -0.2) is 39.6 Å². The van der Waals surface area contributed by atoms with Gasteiger partial charge in [-0.3, -0.25) is 9.00 Å². The van der Waals surface area contributed by atoms with E-state index >= 15 is 0 Å². The summed E-state index contributed by atoms with van der Waals surface area (Å²) in [5, 5.41) is 0. The summed E-state index contributed by atoms with van der Waals surface area (Å²) < 4.78 is 11.1. The molecule has 0 aliphatic carbocycles. The Labute approximate surface area is 74.9 Å². The van der Waals surface area contributed by atoms with Gasteiger partial charge in [0.25, 0.3) is 0 Å². The topological polar surface area (TPSA) is 37.4 Å². The van der Waals surface area contributed by atoms with Gasteiger partial charge in [0.15, 0.2) is 0 Å². The van der Waals surface area contributed by atoms with E-state index in [1.807, 2.05) is 0 Å². The molecular weight excluding hydrogens is 174 g/mol. The number of hydrogen-bond donors (Lipinski definition) is 0. The summed E-state index contributed by atoms with van der Waals surface area (Å²) in [4.78, 5) is 12.8. The highest BCUT2D eigenvalue weighted by Crippen LogP contribution is 2.02. The third-order valence-electron chi connectivity index (χ3n) is 1.88. The normalized spacial score (nSPS) is 24.7. The summed E-state index contributed by atoms with van der Waals surface area (Å²) >= 11 is 0. The van der Waals surface area contributed by atoms with E-state index in [1.165, 1.54) is 6.08 Å². The maximum atomic E-state index is 11.1. The van der Waals surface area contributed by atoms with Gasteiger partial charge in [-0.2, -0.15) is 0 Å². The van der Waals surface area contributed by atoms with Gasteiger partial charge in [-0.15, -0.1) is 0 Å². The third kappa shape index (κ3) is 2.44. The van der Waals surface area contributed by atoms with Crippen molar-refractivity contribution in [3.63, 3.8) is 0 Å². The van der Waals surface area contributed by atoms with Gasteiger partial charge in [0.2, 0.25) is 5.91 Å². The lowest BCUT2D eigenvalue weighted by Crippen LogP contribution is -2.31. The first kappa shape index (κ1) is 9.45. The summed E-state index contributed by atoms with van der Waals surface area (Å²) in [5.41, 5.74) is 0. The molecule has 68 valence electrons. The second kappa shape index (κ2) is 4.40. The first-order chi connectivity index (χ1) is 5.74. The lowest BCUT2D eigenvalue weighted by atomic mass is 10.4. The summed E-state index contributed by atoms with van der Waals surface area (Å²) in [7, 11) is -0.725. The number of hydrogen-bond acceptors (Lipinski definition) is 2. The molecular formula is C8H13NO2S. The van der Waals surface area contributed by atoms with Crippen LogP contribution in [0.3, 0.4) is 0 Å². The Balaban J connectivity index is 2.51. The van der Waals surface area contributed by atoms with Crippen LogP contribution in [0.4, 0.5) is 0 Å². The fourth-order valence-corrected chi connectivity index (χ4v) is 2.27. The zero-order chi connectivity index (χ0) is 8.97. The lowest BCUT2D eigenvalue weighted by Gasteiger charge is -2.16. The lowest BCUT2D eigenvalue weighted by molar-refractivity contribution is -0.125. The Bertz CT molecular complexity index is 215. The number of rotatable bonds is 1.